The molecule has 0 saturated heterocycles. The Kier molecular flexibility index (Phi) is 21.8. The number of esters is 1. The molecule has 0 bridgehead atoms. The van der Waals surface area contributed by atoms with E-state index in [2.05, 4.69) is 19.1 Å². The van der Waals surface area contributed by atoms with Gasteiger partial charge in [-0.1, -0.05) is 96.1 Å². The van der Waals surface area contributed by atoms with E-state index in [1.807, 2.05) is 0 Å². The molecule has 166 valence electrons. The van der Waals surface area contributed by atoms with Gasteiger partial charge >= 0.3 is 5.97 Å². The van der Waals surface area contributed by atoms with Crippen LogP contribution >= 0.6 is 0 Å². The first-order valence-corrected chi connectivity index (χ1v) is 12.2. The average molecular weight is 397 g/mol. The maximum Gasteiger partial charge on any atom is 0.305 e. The van der Waals surface area contributed by atoms with Gasteiger partial charge in [-0.05, 0) is 39.0 Å². The van der Waals surface area contributed by atoms with Crippen molar-refractivity contribution in [2.45, 2.75) is 136 Å². The van der Waals surface area contributed by atoms with Gasteiger partial charge in [0.2, 0.25) is 0 Å². The zero-order valence-corrected chi connectivity index (χ0v) is 18.9. The molecule has 0 aromatic carbocycles. The third-order valence-corrected chi connectivity index (χ3v) is 5.13. The van der Waals surface area contributed by atoms with Crippen LogP contribution in [0.25, 0.3) is 0 Å². The topological polar surface area (TPSA) is 46.5 Å². The monoisotopic (exact) mass is 396 g/mol. The van der Waals surface area contributed by atoms with Crippen molar-refractivity contribution in [3.63, 3.8) is 0 Å². The van der Waals surface area contributed by atoms with Gasteiger partial charge in [-0.2, -0.15) is 0 Å². The number of unbranched alkanes of at least 4 members (excludes halogenated alkanes) is 15. The van der Waals surface area contributed by atoms with E-state index in [1.165, 1.54) is 96.3 Å². The minimum atomic E-state index is -0.567. The molecule has 0 rings (SSSR count). The third kappa shape index (κ3) is 23.2. The van der Waals surface area contributed by atoms with Gasteiger partial charge in [0.1, 0.15) is 6.61 Å². The third-order valence-electron chi connectivity index (χ3n) is 5.13. The van der Waals surface area contributed by atoms with Crippen molar-refractivity contribution in [3.05, 3.63) is 12.2 Å². The smallest absolute Gasteiger partial charge is 0.305 e. The lowest BCUT2D eigenvalue weighted by molar-refractivity contribution is -0.146. The predicted molar refractivity (Wildman–Crippen MR) is 121 cm³/mol. The Morgan fingerprint density at radius 1 is 0.750 bits per heavy atom. The molecule has 28 heavy (non-hydrogen) atoms. The van der Waals surface area contributed by atoms with Crippen LogP contribution in [0.2, 0.25) is 0 Å². The number of hydrogen-bond acceptors (Lipinski definition) is 3. The Balaban J connectivity index is 3.17. The van der Waals surface area contributed by atoms with Crippen molar-refractivity contribution in [2.75, 3.05) is 6.61 Å². The van der Waals surface area contributed by atoms with Crippen molar-refractivity contribution in [2.24, 2.45) is 0 Å². The van der Waals surface area contributed by atoms with Gasteiger partial charge in [0, 0.05) is 6.42 Å². The van der Waals surface area contributed by atoms with Crippen LogP contribution < -0.4 is 0 Å². The average Bonchev–Trinajstić information content (AvgIpc) is 2.68. The van der Waals surface area contributed by atoms with Crippen LogP contribution in [0.4, 0.5) is 0 Å². The number of carbonyl (C=O) groups excluding carboxylic acids is 1. The largest absolute Gasteiger partial charge is 0.463 e. The Morgan fingerprint density at radius 2 is 1.18 bits per heavy atom. The maximum atomic E-state index is 11.4. The van der Waals surface area contributed by atoms with E-state index in [-0.39, 0.29) is 12.6 Å². The van der Waals surface area contributed by atoms with Crippen molar-refractivity contribution >= 4 is 5.97 Å². The minimum absolute atomic E-state index is 0.115. The molecule has 0 heterocycles. The zero-order valence-electron chi connectivity index (χ0n) is 18.9. The fourth-order valence-electron chi connectivity index (χ4n) is 3.33. The molecule has 0 spiro atoms. The summed E-state index contributed by atoms with van der Waals surface area (Å²) in [5, 5.41) is 9.05. The summed E-state index contributed by atoms with van der Waals surface area (Å²) in [6, 6.07) is 0. The molecule has 1 atom stereocenters. The van der Waals surface area contributed by atoms with E-state index < -0.39 is 6.10 Å². The van der Waals surface area contributed by atoms with Gasteiger partial charge in [0.25, 0.3) is 0 Å². The molecule has 0 aliphatic heterocycles. The molecule has 0 aliphatic carbocycles. The summed E-state index contributed by atoms with van der Waals surface area (Å²) < 4.78 is 4.94. The second kappa shape index (κ2) is 22.5. The van der Waals surface area contributed by atoms with Crippen LogP contribution in [0.1, 0.15) is 129 Å². The van der Waals surface area contributed by atoms with Crippen molar-refractivity contribution in [3.8, 4) is 0 Å². The van der Waals surface area contributed by atoms with Crippen LogP contribution in [-0.2, 0) is 9.53 Å². The lowest BCUT2D eigenvalue weighted by Crippen LogP contribution is -2.14. The van der Waals surface area contributed by atoms with Gasteiger partial charge in [-0.25, -0.2) is 0 Å². The molecule has 0 aliphatic rings. The highest BCUT2D eigenvalue weighted by molar-refractivity contribution is 5.69. The molecule has 1 N–H and O–H groups in total. The Hall–Kier alpha value is -0.830. The summed E-state index contributed by atoms with van der Waals surface area (Å²) in [7, 11) is 0. The van der Waals surface area contributed by atoms with E-state index in [1.54, 1.807) is 6.92 Å². The number of aliphatic hydroxyl groups is 1. The number of carbonyl (C=O) groups is 1. The Morgan fingerprint density at radius 3 is 1.64 bits per heavy atom. The van der Waals surface area contributed by atoms with Gasteiger partial charge in [-0.3, -0.25) is 4.79 Å². The van der Waals surface area contributed by atoms with E-state index in [4.69, 9.17) is 9.84 Å². The molecule has 0 amide bonds. The van der Waals surface area contributed by atoms with Crippen LogP contribution in [0, 0.1) is 0 Å². The highest BCUT2D eigenvalue weighted by atomic mass is 16.5. The minimum Gasteiger partial charge on any atom is -0.463 e. The van der Waals surface area contributed by atoms with Crippen LogP contribution in [-0.4, -0.2) is 23.8 Å². The van der Waals surface area contributed by atoms with Crippen molar-refractivity contribution in [1.29, 1.82) is 0 Å². The highest BCUT2D eigenvalue weighted by Crippen LogP contribution is 2.12. The van der Waals surface area contributed by atoms with Crippen LogP contribution in [0.3, 0.4) is 0 Å². The van der Waals surface area contributed by atoms with Crippen molar-refractivity contribution < 1.29 is 14.6 Å². The van der Waals surface area contributed by atoms with Crippen LogP contribution in [0.15, 0.2) is 12.2 Å². The fourth-order valence-corrected chi connectivity index (χ4v) is 3.33. The normalized spacial score (nSPS) is 12.5. The maximum absolute atomic E-state index is 11.4. The van der Waals surface area contributed by atoms with E-state index >= 15 is 0 Å². The second-order valence-electron chi connectivity index (χ2n) is 8.28. The van der Waals surface area contributed by atoms with E-state index in [0.29, 0.717) is 6.42 Å². The molecule has 3 heteroatoms. The SMILES string of the molecule is CCCCCCCCCCCCC=CCCCCCCCC(=O)OCC(C)O. The zero-order chi connectivity index (χ0) is 20.7. The first-order valence-electron chi connectivity index (χ1n) is 12.2. The summed E-state index contributed by atoms with van der Waals surface area (Å²) in [6.45, 7) is 4.02. The fraction of sp³-hybridized carbons (Fsp3) is 0.880. The molecule has 0 saturated carbocycles. The summed E-state index contributed by atoms with van der Waals surface area (Å²) >= 11 is 0. The van der Waals surface area contributed by atoms with Crippen molar-refractivity contribution in [1.82, 2.24) is 0 Å². The summed E-state index contributed by atoms with van der Waals surface area (Å²) in [4.78, 5) is 11.4. The summed E-state index contributed by atoms with van der Waals surface area (Å²) in [5.74, 6) is -0.184. The lowest BCUT2D eigenvalue weighted by atomic mass is 10.1. The summed E-state index contributed by atoms with van der Waals surface area (Å²) in [6.07, 6.45) is 26.8. The molecule has 0 fully saturated rings. The number of hydrogen-bond donors (Lipinski definition) is 1. The van der Waals surface area contributed by atoms with Gasteiger partial charge < -0.3 is 9.84 Å². The first-order chi connectivity index (χ1) is 13.7. The molecule has 0 aromatic heterocycles. The molecular formula is C25H48O3. The Bertz CT molecular complexity index is 350. The molecule has 0 aromatic rings. The molecule has 3 nitrogen and oxygen atoms in total. The molecule has 0 radical (unpaired) electrons. The lowest BCUT2D eigenvalue weighted by Gasteiger charge is -2.06. The van der Waals surface area contributed by atoms with Crippen LogP contribution in [0.5, 0.6) is 0 Å². The molecular weight excluding hydrogens is 348 g/mol. The van der Waals surface area contributed by atoms with Gasteiger partial charge in [0.15, 0.2) is 0 Å². The predicted octanol–water partition coefficient (Wildman–Crippen LogP) is 7.51. The van der Waals surface area contributed by atoms with Gasteiger partial charge in [0.05, 0.1) is 6.10 Å². The van der Waals surface area contributed by atoms with Gasteiger partial charge in [-0.15, -0.1) is 0 Å². The first kappa shape index (κ1) is 27.2. The second-order valence-corrected chi connectivity index (χ2v) is 8.28. The number of rotatable bonds is 21. The highest BCUT2D eigenvalue weighted by Gasteiger charge is 2.04. The number of allylic oxidation sites excluding steroid dienone is 2. The Labute approximate surface area is 175 Å². The van der Waals surface area contributed by atoms with E-state index in [9.17, 15) is 4.79 Å². The summed E-state index contributed by atoms with van der Waals surface area (Å²) in [5.41, 5.74) is 0. The van der Waals surface area contributed by atoms with E-state index in [0.717, 1.165) is 12.8 Å². The number of aliphatic hydroxyl groups excluding tert-OH is 1. The molecule has 1 unspecified atom stereocenters. The quantitative estimate of drug-likeness (QED) is 0.124. The number of ether oxygens (including phenoxy) is 1. The standard InChI is InChI=1S/C25H48O3/c1-3-4-5-6-7-8-9-10-11-12-13-14-15-16-17-18-19-20-21-22-25(27)28-23-24(2)26/h14-15,24,26H,3-13,16-23H2,1-2H3.